The molecule has 2 N–H and O–H groups in total. The minimum atomic E-state index is 0.266. The summed E-state index contributed by atoms with van der Waals surface area (Å²) in [6.45, 7) is 6.20. The van der Waals surface area contributed by atoms with Crippen LogP contribution in [0.4, 0.5) is 0 Å². The van der Waals surface area contributed by atoms with Crippen molar-refractivity contribution in [2.45, 2.75) is 32.0 Å². The lowest BCUT2D eigenvalue weighted by atomic mass is 10.2. The van der Waals surface area contributed by atoms with Crippen LogP contribution in [0.5, 0.6) is 0 Å². The van der Waals surface area contributed by atoms with E-state index in [1.165, 1.54) is 19.4 Å². The lowest BCUT2D eigenvalue weighted by Gasteiger charge is -2.36. The molecule has 0 radical (unpaired) electrons. The molecule has 13 heavy (non-hydrogen) atoms. The Morgan fingerprint density at radius 2 is 2.15 bits per heavy atom. The summed E-state index contributed by atoms with van der Waals surface area (Å²) in [5.41, 5.74) is 5.62. The fourth-order valence-electron chi connectivity index (χ4n) is 2.09. The number of hydrogen-bond acceptors (Lipinski definition) is 3. The molecule has 76 valence electrons. The van der Waals surface area contributed by atoms with Gasteiger partial charge in [0.2, 0.25) is 0 Å². The van der Waals surface area contributed by atoms with Crippen molar-refractivity contribution in [2.75, 3.05) is 26.2 Å². The first kappa shape index (κ1) is 9.44. The molecule has 1 saturated carbocycles. The normalized spacial score (nSPS) is 36.5. The van der Waals surface area contributed by atoms with Crippen LogP contribution in [0.1, 0.15) is 19.8 Å². The Labute approximate surface area is 80.2 Å². The number of nitrogens with zero attached hydrogens (tertiary/aromatic N) is 1. The molecule has 0 aromatic carbocycles. The van der Waals surface area contributed by atoms with E-state index in [0.717, 1.165) is 19.0 Å². The van der Waals surface area contributed by atoms with Crippen molar-refractivity contribution in [1.82, 2.24) is 4.90 Å². The van der Waals surface area contributed by atoms with E-state index >= 15 is 0 Å². The van der Waals surface area contributed by atoms with Gasteiger partial charge in [-0.1, -0.05) is 0 Å². The number of morpholine rings is 1. The molecule has 2 rings (SSSR count). The van der Waals surface area contributed by atoms with Gasteiger partial charge in [-0.3, -0.25) is 4.90 Å². The summed E-state index contributed by atoms with van der Waals surface area (Å²) in [6, 6.07) is 0. The molecule has 2 aliphatic rings. The lowest BCUT2D eigenvalue weighted by Crippen LogP contribution is -2.49. The Kier molecular flexibility index (Phi) is 2.86. The van der Waals surface area contributed by atoms with Gasteiger partial charge in [0, 0.05) is 26.2 Å². The van der Waals surface area contributed by atoms with Crippen LogP contribution < -0.4 is 5.73 Å². The average Bonchev–Trinajstić information content (AvgIpc) is 2.87. The van der Waals surface area contributed by atoms with Gasteiger partial charge in [0.1, 0.15) is 0 Å². The van der Waals surface area contributed by atoms with Gasteiger partial charge in [-0.15, -0.1) is 0 Å². The van der Waals surface area contributed by atoms with Crippen molar-refractivity contribution in [2.24, 2.45) is 11.7 Å². The number of rotatable bonds is 3. The third-order valence-corrected chi connectivity index (χ3v) is 2.88. The third-order valence-electron chi connectivity index (χ3n) is 2.88. The molecule has 2 atom stereocenters. The number of hydrogen-bond donors (Lipinski definition) is 1. The highest BCUT2D eigenvalue weighted by atomic mass is 16.5. The fraction of sp³-hybridized carbons (Fsp3) is 1.00. The van der Waals surface area contributed by atoms with Crippen LogP contribution in [0.25, 0.3) is 0 Å². The van der Waals surface area contributed by atoms with Gasteiger partial charge in [-0.25, -0.2) is 0 Å². The molecular weight excluding hydrogens is 164 g/mol. The number of nitrogens with two attached hydrogens (primary N) is 1. The molecule has 0 aromatic heterocycles. The molecule has 1 heterocycles. The van der Waals surface area contributed by atoms with Crippen molar-refractivity contribution < 1.29 is 4.74 Å². The maximum Gasteiger partial charge on any atom is 0.0828 e. The Morgan fingerprint density at radius 1 is 1.38 bits per heavy atom. The van der Waals surface area contributed by atoms with Crippen molar-refractivity contribution >= 4 is 0 Å². The highest BCUT2D eigenvalue weighted by Crippen LogP contribution is 2.30. The van der Waals surface area contributed by atoms with E-state index in [-0.39, 0.29) is 6.10 Å². The molecule has 1 saturated heterocycles. The van der Waals surface area contributed by atoms with Gasteiger partial charge in [-0.05, 0) is 25.7 Å². The minimum Gasteiger partial charge on any atom is -0.371 e. The summed E-state index contributed by atoms with van der Waals surface area (Å²) in [5, 5.41) is 0. The van der Waals surface area contributed by atoms with Crippen molar-refractivity contribution in [3.63, 3.8) is 0 Å². The zero-order valence-electron chi connectivity index (χ0n) is 8.41. The SMILES string of the molecule is CC1CN(CC2CC2)CC(CN)O1. The Morgan fingerprint density at radius 3 is 2.77 bits per heavy atom. The summed E-state index contributed by atoms with van der Waals surface area (Å²) in [5.74, 6) is 0.976. The molecule has 0 spiro atoms. The van der Waals surface area contributed by atoms with Crippen molar-refractivity contribution in [3.05, 3.63) is 0 Å². The molecule has 2 fully saturated rings. The van der Waals surface area contributed by atoms with Gasteiger partial charge in [0.25, 0.3) is 0 Å². The van der Waals surface area contributed by atoms with E-state index in [1.54, 1.807) is 0 Å². The average molecular weight is 184 g/mol. The molecule has 0 aromatic rings. The van der Waals surface area contributed by atoms with Crippen LogP contribution in [0.3, 0.4) is 0 Å². The number of ether oxygens (including phenoxy) is 1. The zero-order chi connectivity index (χ0) is 9.26. The van der Waals surface area contributed by atoms with Crippen LogP contribution >= 0.6 is 0 Å². The van der Waals surface area contributed by atoms with Crippen LogP contribution in [0, 0.1) is 5.92 Å². The monoisotopic (exact) mass is 184 g/mol. The van der Waals surface area contributed by atoms with E-state index in [0.29, 0.717) is 12.6 Å². The highest BCUT2D eigenvalue weighted by molar-refractivity contribution is 4.82. The summed E-state index contributed by atoms with van der Waals surface area (Å²) in [7, 11) is 0. The molecule has 3 heteroatoms. The fourth-order valence-corrected chi connectivity index (χ4v) is 2.09. The molecule has 0 bridgehead atoms. The van der Waals surface area contributed by atoms with E-state index < -0.39 is 0 Å². The lowest BCUT2D eigenvalue weighted by molar-refractivity contribution is -0.0730. The Hall–Kier alpha value is -0.120. The molecular formula is C10H20N2O. The summed E-state index contributed by atoms with van der Waals surface area (Å²) < 4.78 is 5.70. The van der Waals surface area contributed by atoms with Crippen molar-refractivity contribution in [1.29, 1.82) is 0 Å². The molecule has 1 aliphatic carbocycles. The van der Waals surface area contributed by atoms with Crippen LogP contribution in [0.2, 0.25) is 0 Å². The molecule has 0 amide bonds. The maximum absolute atomic E-state index is 5.70. The topological polar surface area (TPSA) is 38.5 Å². The Bertz CT molecular complexity index is 168. The van der Waals surface area contributed by atoms with Gasteiger partial charge >= 0.3 is 0 Å². The smallest absolute Gasteiger partial charge is 0.0828 e. The van der Waals surface area contributed by atoms with Gasteiger partial charge < -0.3 is 10.5 Å². The second-order valence-corrected chi connectivity index (χ2v) is 4.47. The summed E-state index contributed by atoms with van der Waals surface area (Å²) in [6.07, 6.45) is 3.49. The summed E-state index contributed by atoms with van der Waals surface area (Å²) >= 11 is 0. The minimum absolute atomic E-state index is 0.266. The van der Waals surface area contributed by atoms with Gasteiger partial charge in [0.05, 0.1) is 12.2 Å². The van der Waals surface area contributed by atoms with E-state index in [9.17, 15) is 0 Å². The molecule has 1 aliphatic heterocycles. The first-order valence-electron chi connectivity index (χ1n) is 5.36. The first-order valence-corrected chi connectivity index (χ1v) is 5.36. The second kappa shape index (κ2) is 3.95. The van der Waals surface area contributed by atoms with Gasteiger partial charge in [0.15, 0.2) is 0 Å². The predicted molar refractivity (Wildman–Crippen MR) is 52.6 cm³/mol. The summed E-state index contributed by atoms with van der Waals surface area (Å²) in [4.78, 5) is 2.52. The molecule has 2 unspecified atom stereocenters. The van der Waals surface area contributed by atoms with Gasteiger partial charge in [-0.2, -0.15) is 0 Å². The van der Waals surface area contributed by atoms with Crippen LogP contribution in [-0.2, 0) is 4.74 Å². The quantitative estimate of drug-likeness (QED) is 0.692. The molecule has 3 nitrogen and oxygen atoms in total. The Balaban J connectivity index is 1.80. The van der Waals surface area contributed by atoms with Crippen LogP contribution in [0.15, 0.2) is 0 Å². The van der Waals surface area contributed by atoms with E-state index in [4.69, 9.17) is 10.5 Å². The van der Waals surface area contributed by atoms with Crippen molar-refractivity contribution in [3.8, 4) is 0 Å². The van der Waals surface area contributed by atoms with Crippen LogP contribution in [-0.4, -0.2) is 43.3 Å². The van der Waals surface area contributed by atoms with E-state index in [1.807, 2.05) is 0 Å². The zero-order valence-corrected chi connectivity index (χ0v) is 8.41. The third kappa shape index (κ3) is 2.66. The predicted octanol–water partition coefficient (Wildman–Crippen LogP) is 0.444. The largest absolute Gasteiger partial charge is 0.371 e. The van der Waals surface area contributed by atoms with E-state index in [2.05, 4.69) is 11.8 Å². The maximum atomic E-state index is 5.70. The second-order valence-electron chi connectivity index (χ2n) is 4.47. The standard InChI is InChI=1S/C10H20N2O/c1-8-5-12(6-9-2-3-9)7-10(4-11)13-8/h8-10H,2-7,11H2,1H3. The highest BCUT2D eigenvalue weighted by Gasteiger charge is 2.29. The first-order chi connectivity index (χ1) is 6.28.